The van der Waals surface area contributed by atoms with E-state index >= 15 is 0 Å². The van der Waals surface area contributed by atoms with E-state index in [0.29, 0.717) is 12.5 Å². The van der Waals surface area contributed by atoms with E-state index in [1.165, 1.54) is 0 Å². The highest BCUT2D eigenvalue weighted by Gasteiger charge is 2.01. The van der Waals surface area contributed by atoms with E-state index in [0.717, 1.165) is 18.7 Å². The predicted octanol–water partition coefficient (Wildman–Crippen LogP) is -0.711. The number of nitrogens with zero attached hydrogens (tertiary/aromatic N) is 3. The minimum Gasteiger partial charge on any atom is -0.366 e. The number of nitrogens with two attached hydrogens (primary N) is 2. The van der Waals surface area contributed by atoms with Crippen molar-refractivity contribution in [2.75, 3.05) is 12.3 Å². The summed E-state index contributed by atoms with van der Waals surface area (Å²) in [6.07, 6.45) is 1.77. The van der Waals surface area contributed by atoms with Gasteiger partial charge in [0.05, 0.1) is 0 Å². The molecule has 0 unspecified atom stereocenters. The monoisotopic (exact) mass is 155 g/mol. The van der Waals surface area contributed by atoms with Gasteiger partial charge in [-0.25, -0.2) is 0 Å². The number of nitrogen functional groups attached to an aromatic ring is 1. The first kappa shape index (κ1) is 8.00. The molecule has 5 nitrogen and oxygen atoms in total. The van der Waals surface area contributed by atoms with Gasteiger partial charge in [0.1, 0.15) is 5.82 Å². The highest BCUT2D eigenvalue weighted by atomic mass is 15.4. The maximum Gasteiger partial charge on any atom is 0.239 e. The van der Waals surface area contributed by atoms with Crippen molar-refractivity contribution in [3.63, 3.8) is 0 Å². The number of rotatable bonds is 3. The Morgan fingerprint density at radius 2 is 2.27 bits per heavy atom. The molecule has 0 amide bonds. The number of aryl methyl sites for hydroxylation is 2. The second-order valence-electron chi connectivity index (χ2n) is 2.40. The minimum atomic E-state index is 0.333. The zero-order valence-electron chi connectivity index (χ0n) is 6.62. The molecule has 0 saturated heterocycles. The smallest absolute Gasteiger partial charge is 0.239 e. The molecule has 62 valence electrons. The molecule has 0 bridgehead atoms. The molecule has 11 heavy (non-hydrogen) atoms. The lowest BCUT2D eigenvalue weighted by molar-refractivity contribution is 0.675. The molecule has 5 heteroatoms. The summed E-state index contributed by atoms with van der Waals surface area (Å²) in [5, 5.41) is 3.91. The molecule has 0 atom stereocenters. The molecule has 1 aromatic heterocycles. The zero-order valence-corrected chi connectivity index (χ0v) is 6.62. The summed E-state index contributed by atoms with van der Waals surface area (Å²) in [4.78, 5) is 4.02. The van der Waals surface area contributed by atoms with Crippen LogP contribution in [0.25, 0.3) is 0 Å². The van der Waals surface area contributed by atoms with Crippen LogP contribution < -0.4 is 11.5 Å². The number of hydrogen-bond acceptors (Lipinski definition) is 4. The van der Waals surface area contributed by atoms with Crippen molar-refractivity contribution in [2.45, 2.75) is 12.8 Å². The van der Waals surface area contributed by atoms with E-state index in [4.69, 9.17) is 11.5 Å². The van der Waals surface area contributed by atoms with Crippen LogP contribution in [0.4, 0.5) is 5.95 Å². The third-order valence-corrected chi connectivity index (χ3v) is 1.47. The fourth-order valence-electron chi connectivity index (χ4n) is 0.916. The van der Waals surface area contributed by atoms with Crippen LogP contribution in [0.3, 0.4) is 0 Å². The zero-order chi connectivity index (χ0) is 8.27. The van der Waals surface area contributed by atoms with Crippen molar-refractivity contribution < 1.29 is 0 Å². The molecular formula is C6H13N5. The molecular weight excluding hydrogens is 142 g/mol. The van der Waals surface area contributed by atoms with Gasteiger partial charge in [-0.2, -0.15) is 4.98 Å². The molecule has 1 aromatic rings. The maximum absolute atomic E-state index is 5.38. The molecule has 4 N–H and O–H groups in total. The van der Waals surface area contributed by atoms with Crippen molar-refractivity contribution in [2.24, 2.45) is 12.8 Å². The lowest BCUT2D eigenvalue weighted by Crippen LogP contribution is -2.04. The van der Waals surface area contributed by atoms with E-state index in [1.54, 1.807) is 4.68 Å². The summed E-state index contributed by atoms with van der Waals surface area (Å²) in [5.74, 6) is 1.23. The van der Waals surface area contributed by atoms with Crippen molar-refractivity contribution in [1.82, 2.24) is 14.8 Å². The van der Waals surface area contributed by atoms with Crippen LogP contribution in [0, 0.1) is 0 Å². The van der Waals surface area contributed by atoms with Gasteiger partial charge in [0, 0.05) is 13.5 Å². The molecule has 0 aliphatic rings. The quantitative estimate of drug-likeness (QED) is 0.604. The van der Waals surface area contributed by atoms with Gasteiger partial charge in [0.25, 0.3) is 0 Å². The fourth-order valence-corrected chi connectivity index (χ4v) is 0.916. The molecule has 0 fully saturated rings. The highest BCUT2D eigenvalue weighted by Crippen LogP contribution is 1.99. The second-order valence-corrected chi connectivity index (χ2v) is 2.40. The topological polar surface area (TPSA) is 82.8 Å². The van der Waals surface area contributed by atoms with Gasteiger partial charge in [-0.3, -0.25) is 4.68 Å². The van der Waals surface area contributed by atoms with Gasteiger partial charge in [0.15, 0.2) is 0 Å². The summed E-state index contributed by atoms with van der Waals surface area (Å²) < 4.78 is 1.69. The van der Waals surface area contributed by atoms with Gasteiger partial charge in [-0.15, -0.1) is 5.10 Å². The van der Waals surface area contributed by atoms with Crippen molar-refractivity contribution in [3.05, 3.63) is 5.82 Å². The first-order valence-corrected chi connectivity index (χ1v) is 3.59. The predicted molar refractivity (Wildman–Crippen MR) is 42.8 cm³/mol. The van der Waals surface area contributed by atoms with Crippen LogP contribution in [0.5, 0.6) is 0 Å². The van der Waals surface area contributed by atoms with Crippen molar-refractivity contribution in [1.29, 1.82) is 0 Å². The van der Waals surface area contributed by atoms with Crippen LogP contribution in [0.2, 0.25) is 0 Å². The Morgan fingerprint density at radius 3 is 2.73 bits per heavy atom. The van der Waals surface area contributed by atoms with Gasteiger partial charge >= 0.3 is 0 Å². The Labute approximate surface area is 65.4 Å². The SMILES string of the molecule is Cn1nc(N)nc1CCCN. The molecule has 0 aliphatic heterocycles. The minimum absolute atomic E-state index is 0.333. The lowest BCUT2D eigenvalue weighted by atomic mass is 10.3. The molecule has 0 saturated carbocycles. The Bertz CT molecular complexity index is 229. The largest absolute Gasteiger partial charge is 0.366 e. The van der Waals surface area contributed by atoms with Gasteiger partial charge in [-0.05, 0) is 13.0 Å². The van der Waals surface area contributed by atoms with E-state index in [-0.39, 0.29) is 0 Å². The Hall–Kier alpha value is -1.10. The Morgan fingerprint density at radius 1 is 1.55 bits per heavy atom. The summed E-state index contributed by atoms with van der Waals surface area (Å²) >= 11 is 0. The summed E-state index contributed by atoms with van der Waals surface area (Å²) in [7, 11) is 1.83. The number of anilines is 1. The van der Waals surface area contributed by atoms with E-state index in [1.807, 2.05) is 7.05 Å². The third kappa shape index (κ3) is 1.91. The van der Waals surface area contributed by atoms with E-state index in [2.05, 4.69) is 10.1 Å². The average Bonchev–Trinajstić information content (AvgIpc) is 2.26. The van der Waals surface area contributed by atoms with Crippen LogP contribution >= 0.6 is 0 Å². The average molecular weight is 155 g/mol. The first-order valence-electron chi connectivity index (χ1n) is 3.59. The highest BCUT2D eigenvalue weighted by molar-refractivity contribution is 5.13. The van der Waals surface area contributed by atoms with Crippen molar-refractivity contribution >= 4 is 5.95 Å². The van der Waals surface area contributed by atoms with Crippen LogP contribution in [-0.2, 0) is 13.5 Å². The summed E-state index contributed by atoms with van der Waals surface area (Å²) in [5.41, 5.74) is 10.7. The molecule has 0 aliphatic carbocycles. The van der Waals surface area contributed by atoms with Crippen LogP contribution in [-0.4, -0.2) is 21.3 Å². The first-order chi connectivity index (χ1) is 5.24. The van der Waals surface area contributed by atoms with Crippen molar-refractivity contribution in [3.8, 4) is 0 Å². The Kier molecular flexibility index (Phi) is 2.43. The molecule has 1 heterocycles. The maximum atomic E-state index is 5.38. The normalized spacial score (nSPS) is 10.4. The number of aromatic nitrogens is 3. The lowest BCUT2D eigenvalue weighted by Gasteiger charge is -1.95. The fraction of sp³-hybridized carbons (Fsp3) is 0.667. The summed E-state index contributed by atoms with van der Waals surface area (Å²) in [6, 6.07) is 0. The van der Waals surface area contributed by atoms with Gasteiger partial charge in [0.2, 0.25) is 5.95 Å². The molecule has 1 rings (SSSR count). The molecule has 0 radical (unpaired) electrons. The van der Waals surface area contributed by atoms with Gasteiger partial charge in [-0.1, -0.05) is 0 Å². The number of hydrogen-bond donors (Lipinski definition) is 2. The van der Waals surface area contributed by atoms with E-state index < -0.39 is 0 Å². The molecule has 0 aromatic carbocycles. The summed E-state index contributed by atoms with van der Waals surface area (Å²) in [6.45, 7) is 0.673. The second kappa shape index (κ2) is 3.34. The van der Waals surface area contributed by atoms with Crippen LogP contribution in [0.1, 0.15) is 12.2 Å². The van der Waals surface area contributed by atoms with Gasteiger partial charge < -0.3 is 11.5 Å². The Balaban J connectivity index is 2.62. The third-order valence-electron chi connectivity index (χ3n) is 1.47. The molecule has 0 spiro atoms. The standard InChI is InChI=1S/C6H13N5/c1-11-5(3-2-4-7)9-6(8)10-11/h2-4,7H2,1H3,(H2,8,10). The van der Waals surface area contributed by atoms with Crippen LogP contribution in [0.15, 0.2) is 0 Å². The van der Waals surface area contributed by atoms with E-state index in [9.17, 15) is 0 Å².